The second-order valence-electron chi connectivity index (χ2n) is 6.19. The highest BCUT2D eigenvalue weighted by Gasteiger charge is 2.33. The van der Waals surface area contributed by atoms with Crippen LogP contribution in [0.25, 0.3) is 0 Å². The third-order valence-electron chi connectivity index (χ3n) is 3.67. The van der Waals surface area contributed by atoms with Crippen molar-refractivity contribution in [2.45, 2.75) is 58.8 Å². The molecule has 1 aliphatic rings. The average molecular weight is 285 g/mol. The van der Waals surface area contributed by atoms with Gasteiger partial charge < -0.3 is 15.8 Å². The summed E-state index contributed by atoms with van der Waals surface area (Å²) in [4.78, 5) is 14.7. The van der Waals surface area contributed by atoms with Crippen LogP contribution in [0, 0.1) is 5.92 Å². The van der Waals surface area contributed by atoms with E-state index in [1.165, 1.54) is 0 Å². The lowest BCUT2D eigenvalue weighted by atomic mass is 9.99. The fourth-order valence-corrected chi connectivity index (χ4v) is 2.92. The number of hydrogen-bond acceptors (Lipinski definition) is 4. The molecule has 0 aromatic rings. The Hall–Kier alpha value is -0.650. The van der Waals surface area contributed by atoms with Gasteiger partial charge in [0.05, 0.1) is 18.2 Å². The molecule has 0 saturated carbocycles. The molecular weight excluding hydrogens is 254 g/mol. The third-order valence-corrected chi connectivity index (χ3v) is 3.67. The van der Waals surface area contributed by atoms with E-state index in [0.717, 1.165) is 25.9 Å². The topological polar surface area (TPSA) is 67.6 Å². The zero-order valence-corrected chi connectivity index (χ0v) is 13.4. The standard InChI is InChI=1S/C15H31N3O2/c1-11(2)14(15(19)17-8-6-5-7-16)18-9-12(3)20-13(4)10-18/h11-14H,5-10,16H2,1-4H3,(H,17,19). The molecule has 1 fully saturated rings. The Kier molecular flexibility index (Phi) is 7.48. The van der Waals surface area contributed by atoms with Gasteiger partial charge in [0.15, 0.2) is 0 Å². The fraction of sp³-hybridized carbons (Fsp3) is 0.933. The maximum Gasteiger partial charge on any atom is 0.237 e. The Balaban J connectivity index is 2.56. The van der Waals surface area contributed by atoms with Crippen molar-refractivity contribution >= 4 is 5.91 Å². The number of nitrogens with zero attached hydrogens (tertiary/aromatic N) is 1. The number of carbonyl (C=O) groups is 1. The number of ether oxygens (including phenoxy) is 1. The van der Waals surface area contributed by atoms with Gasteiger partial charge in [0, 0.05) is 19.6 Å². The number of amides is 1. The molecule has 118 valence electrons. The summed E-state index contributed by atoms with van der Waals surface area (Å²) in [6, 6.07) is -0.0679. The van der Waals surface area contributed by atoms with Gasteiger partial charge in [0.25, 0.3) is 0 Å². The SMILES string of the molecule is CC1CN(C(C(=O)NCCCCN)C(C)C)CC(C)O1. The van der Waals surface area contributed by atoms with Gasteiger partial charge in [-0.3, -0.25) is 9.69 Å². The van der Waals surface area contributed by atoms with E-state index < -0.39 is 0 Å². The molecule has 0 aromatic carbocycles. The number of unbranched alkanes of at least 4 members (excludes halogenated alkanes) is 1. The van der Waals surface area contributed by atoms with Crippen molar-refractivity contribution in [2.75, 3.05) is 26.2 Å². The van der Waals surface area contributed by atoms with E-state index in [1.54, 1.807) is 0 Å². The minimum Gasteiger partial charge on any atom is -0.373 e. The van der Waals surface area contributed by atoms with Crippen molar-refractivity contribution in [3.63, 3.8) is 0 Å². The number of rotatable bonds is 7. The van der Waals surface area contributed by atoms with Crippen LogP contribution in [0.2, 0.25) is 0 Å². The monoisotopic (exact) mass is 285 g/mol. The molecule has 1 rings (SSSR count). The molecule has 1 amide bonds. The first-order chi connectivity index (χ1) is 9.45. The summed E-state index contributed by atoms with van der Waals surface area (Å²) in [6.45, 7) is 11.4. The maximum atomic E-state index is 12.4. The summed E-state index contributed by atoms with van der Waals surface area (Å²) >= 11 is 0. The molecule has 0 aliphatic carbocycles. The molecule has 20 heavy (non-hydrogen) atoms. The summed E-state index contributed by atoms with van der Waals surface area (Å²) in [5.74, 6) is 0.431. The second kappa shape index (κ2) is 8.60. The number of morpholine rings is 1. The molecule has 3 unspecified atom stereocenters. The summed E-state index contributed by atoms with van der Waals surface area (Å²) in [7, 11) is 0. The Bertz CT molecular complexity index is 287. The van der Waals surface area contributed by atoms with E-state index in [2.05, 4.69) is 37.9 Å². The molecule has 0 radical (unpaired) electrons. The van der Waals surface area contributed by atoms with E-state index in [4.69, 9.17) is 10.5 Å². The fourth-order valence-electron chi connectivity index (χ4n) is 2.92. The lowest BCUT2D eigenvalue weighted by Gasteiger charge is -2.41. The predicted octanol–water partition coefficient (Wildman–Crippen LogP) is 0.975. The Morgan fingerprint density at radius 2 is 1.90 bits per heavy atom. The van der Waals surface area contributed by atoms with E-state index in [0.29, 0.717) is 19.0 Å². The van der Waals surface area contributed by atoms with Crippen molar-refractivity contribution in [1.29, 1.82) is 0 Å². The molecule has 0 spiro atoms. The first-order valence-electron chi connectivity index (χ1n) is 7.83. The smallest absolute Gasteiger partial charge is 0.237 e. The van der Waals surface area contributed by atoms with Gasteiger partial charge >= 0.3 is 0 Å². The molecule has 3 N–H and O–H groups in total. The van der Waals surface area contributed by atoms with Crippen molar-refractivity contribution in [2.24, 2.45) is 11.7 Å². The minimum absolute atomic E-state index is 0.0679. The highest BCUT2D eigenvalue weighted by atomic mass is 16.5. The van der Waals surface area contributed by atoms with Gasteiger partial charge in [0.2, 0.25) is 5.91 Å². The largest absolute Gasteiger partial charge is 0.373 e. The molecule has 3 atom stereocenters. The number of nitrogens with two attached hydrogens (primary N) is 1. The van der Waals surface area contributed by atoms with Gasteiger partial charge in [-0.2, -0.15) is 0 Å². The van der Waals surface area contributed by atoms with Gasteiger partial charge in [-0.15, -0.1) is 0 Å². The van der Waals surface area contributed by atoms with Crippen molar-refractivity contribution in [3.8, 4) is 0 Å². The first-order valence-corrected chi connectivity index (χ1v) is 7.83. The van der Waals surface area contributed by atoms with Gasteiger partial charge in [-0.05, 0) is 39.2 Å². The number of hydrogen-bond donors (Lipinski definition) is 2. The summed E-state index contributed by atoms with van der Waals surface area (Å²) in [5, 5.41) is 3.05. The summed E-state index contributed by atoms with van der Waals surface area (Å²) in [5.41, 5.74) is 5.47. The minimum atomic E-state index is -0.0679. The molecule has 1 aliphatic heterocycles. The van der Waals surface area contributed by atoms with Crippen LogP contribution in [-0.4, -0.2) is 55.2 Å². The van der Waals surface area contributed by atoms with E-state index in [-0.39, 0.29) is 24.2 Å². The van der Waals surface area contributed by atoms with Crippen molar-refractivity contribution in [1.82, 2.24) is 10.2 Å². The molecule has 0 bridgehead atoms. The maximum absolute atomic E-state index is 12.4. The molecule has 5 nitrogen and oxygen atoms in total. The predicted molar refractivity (Wildman–Crippen MR) is 81.5 cm³/mol. The van der Waals surface area contributed by atoms with E-state index >= 15 is 0 Å². The molecule has 1 heterocycles. The van der Waals surface area contributed by atoms with E-state index in [1.807, 2.05) is 0 Å². The molecule has 0 aromatic heterocycles. The highest BCUT2D eigenvalue weighted by Crippen LogP contribution is 2.18. The third kappa shape index (κ3) is 5.38. The van der Waals surface area contributed by atoms with Gasteiger partial charge in [-0.25, -0.2) is 0 Å². The second-order valence-corrected chi connectivity index (χ2v) is 6.19. The first kappa shape index (κ1) is 17.4. The van der Waals surface area contributed by atoms with Crippen molar-refractivity contribution < 1.29 is 9.53 Å². The van der Waals surface area contributed by atoms with Crippen LogP contribution in [0.5, 0.6) is 0 Å². The molecule has 1 saturated heterocycles. The zero-order valence-electron chi connectivity index (χ0n) is 13.4. The lowest BCUT2D eigenvalue weighted by molar-refractivity contribution is -0.135. The van der Waals surface area contributed by atoms with E-state index in [9.17, 15) is 4.79 Å². The average Bonchev–Trinajstić information content (AvgIpc) is 2.33. The molecular formula is C15H31N3O2. The van der Waals surface area contributed by atoms with Crippen LogP contribution in [0.3, 0.4) is 0 Å². The van der Waals surface area contributed by atoms with Crippen LogP contribution < -0.4 is 11.1 Å². The van der Waals surface area contributed by atoms with Crippen molar-refractivity contribution in [3.05, 3.63) is 0 Å². The Morgan fingerprint density at radius 3 is 2.40 bits per heavy atom. The Morgan fingerprint density at radius 1 is 1.30 bits per heavy atom. The van der Waals surface area contributed by atoms with Crippen LogP contribution in [0.1, 0.15) is 40.5 Å². The quantitative estimate of drug-likeness (QED) is 0.684. The van der Waals surface area contributed by atoms with Crippen LogP contribution in [-0.2, 0) is 9.53 Å². The lowest BCUT2D eigenvalue weighted by Crippen LogP contribution is -2.57. The summed E-state index contributed by atoms with van der Waals surface area (Å²) in [6.07, 6.45) is 2.27. The Labute approximate surface area is 123 Å². The number of carbonyl (C=O) groups excluding carboxylic acids is 1. The van der Waals surface area contributed by atoms with Gasteiger partial charge in [0.1, 0.15) is 0 Å². The summed E-state index contributed by atoms with van der Waals surface area (Å²) < 4.78 is 5.75. The highest BCUT2D eigenvalue weighted by molar-refractivity contribution is 5.82. The normalized spacial score (nSPS) is 25.7. The number of nitrogens with one attached hydrogen (secondary N) is 1. The van der Waals surface area contributed by atoms with Crippen LogP contribution in [0.15, 0.2) is 0 Å². The van der Waals surface area contributed by atoms with Crippen LogP contribution in [0.4, 0.5) is 0 Å². The van der Waals surface area contributed by atoms with Gasteiger partial charge in [-0.1, -0.05) is 13.8 Å². The molecule has 5 heteroatoms. The van der Waals surface area contributed by atoms with Crippen LogP contribution >= 0.6 is 0 Å². The zero-order chi connectivity index (χ0) is 15.1.